The van der Waals surface area contributed by atoms with Gasteiger partial charge in [0.1, 0.15) is 0 Å². The number of fused-ring (bicyclic) bond motifs is 2. The molecular formula is C18H27N5. The Hall–Kier alpha value is -1.49. The van der Waals surface area contributed by atoms with Gasteiger partial charge in [0.2, 0.25) is 0 Å². The molecule has 5 heteroatoms. The van der Waals surface area contributed by atoms with E-state index in [0.717, 1.165) is 19.6 Å². The first-order chi connectivity index (χ1) is 11.4. The number of nitrogens with zero attached hydrogens (tertiary/aromatic N) is 2. The maximum absolute atomic E-state index is 5.09. The van der Waals surface area contributed by atoms with Crippen LogP contribution in [0.15, 0.2) is 29.2 Å². The summed E-state index contributed by atoms with van der Waals surface area (Å²) < 4.78 is 0. The molecule has 0 saturated carbocycles. The average molecular weight is 313 g/mol. The molecule has 0 aromatic rings. The normalized spacial score (nSPS) is 41.7. The summed E-state index contributed by atoms with van der Waals surface area (Å²) in [7, 11) is 0. The third-order valence-electron chi connectivity index (χ3n) is 6.33. The van der Waals surface area contributed by atoms with E-state index in [9.17, 15) is 0 Å². The number of hydrazone groups is 1. The van der Waals surface area contributed by atoms with Crippen LogP contribution in [0.2, 0.25) is 0 Å². The van der Waals surface area contributed by atoms with E-state index in [2.05, 4.69) is 39.3 Å². The molecule has 3 N–H and O–H groups in total. The summed E-state index contributed by atoms with van der Waals surface area (Å²) in [6.45, 7) is 3.37. The first kappa shape index (κ1) is 13.9. The van der Waals surface area contributed by atoms with Gasteiger partial charge in [-0.2, -0.15) is 5.10 Å². The van der Waals surface area contributed by atoms with Crippen molar-refractivity contribution in [2.24, 2.45) is 22.9 Å². The zero-order valence-corrected chi connectivity index (χ0v) is 13.7. The van der Waals surface area contributed by atoms with E-state index < -0.39 is 0 Å². The summed E-state index contributed by atoms with van der Waals surface area (Å²) >= 11 is 0. The molecule has 23 heavy (non-hydrogen) atoms. The average Bonchev–Trinajstić information content (AvgIpc) is 3.30. The molecule has 0 aromatic heterocycles. The Kier molecular flexibility index (Phi) is 3.35. The van der Waals surface area contributed by atoms with Crippen LogP contribution in [0.4, 0.5) is 0 Å². The summed E-state index contributed by atoms with van der Waals surface area (Å²) in [5.74, 6) is 1.85. The second kappa shape index (κ2) is 5.55. The lowest BCUT2D eigenvalue weighted by Crippen LogP contribution is -2.48. The molecule has 5 nitrogen and oxygen atoms in total. The van der Waals surface area contributed by atoms with Crippen LogP contribution in [0, 0.1) is 17.8 Å². The van der Waals surface area contributed by atoms with Gasteiger partial charge in [0.15, 0.2) is 0 Å². The van der Waals surface area contributed by atoms with Gasteiger partial charge in [-0.15, -0.1) is 0 Å². The van der Waals surface area contributed by atoms with E-state index >= 15 is 0 Å². The smallest absolute Gasteiger partial charge is 0.0891 e. The van der Waals surface area contributed by atoms with E-state index in [0.29, 0.717) is 30.0 Å². The van der Waals surface area contributed by atoms with Gasteiger partial charge < -0.3 is 10.6 Å². The third-order valence-corrected chi connectivity index (χ3v) is 6.33. The molecule has 0 bridgehead atoms. The molecule has 5 atom stereocenters. The summed E-state index contributed by atoms with van der Waals surface area (Å²) in [6.07, 6.45) is 13.8. The van der Waals surface area contributed by atoms with Crippen molar-refractivity contribution in [3.63, 3.8) is 0 Å². The maximum Gasteiger partial charge on any atom is 0.0891 e. The van der Waals surface area contributed by atoms with E-state index in [1.54, 1.807) is 0 Å². The van der Waals surface area contributed by atoms with Gasteiger partial charge in [0.25, 0.3) is 0 Å². The van der Waals surface area contributed by atoms with Crippen LogP contribution in [0.1, 0.15) is 32.1 Å². The monoisotopic (exact) mass is 313 g/mol. The van der Waals surface area contributed by atoms with Crippen molar-refractivity contribution in [2.45, 2.75) is 44.3 Å². The lowest BCUT2D eigenvalue weighted by atomic mass is 9.72. The van der Waals surface area contributed by atoms with Crippen LogP contribution in [0.25, 0.3) is 0 Å². The first-order valence-electron chi connectivity index (χ1n) is 9.37. The van der Waals surface area contributed by atoms with Crippen molar-refractivity contribution in [1.29, 1.82) is 0 Å². The van der Waals surface area contributed by atoms with Gasteiger partial charge in [-0.1, -0.05) is 12.2 Å². The van der Waals surface area contributed by atoms with E-state index in [-0.39, 0.29) is 0 Å². The zero-order valence-electron chi connectivity index (χ0n) is 13.7. The van der Waals surface area contributed by atoms with E-state index in [1.165, 1.54) is 43.5 Å². The predicted octanol–water partition coefficient (Wildman–Crippen LogP) is 1.37. The number of rotatable bonds is 2. The summed E-state index contributed by atoms with van der Waals surface area (Å²) in [6, 6.07) is 0.614. The molecular weight excluding hydrogens is 286 g/mol. The van der Waals surface area contributed by atoms with Gasteiger partial charge in [-0.25, -0.2) is 0 Å². The van der Waals surface area contributed by atoms with Crippen molar-refractivity contribution in [3.8, 4) is 0 Å². The molecule has 0 aliphatic carbocycles. The van der Waals surface area contributed by atoms with Gasteiger partial charge in [0, 0.05) is 24.9 Å². The fourth-order valence-corrected chi connectivity index (χ4v) is 5.28. The second-order valence-corrected chi connectivity index (χ2v) is 7.56. The lowest BCUT2D eigenvalue weighted by molar-refractivity contribution is 0.191. The van der Waals surface area contributed by atoms with Crippen molar-refractivity contribution in [1.82, 2.24) is 21.0 Å². The lowest BCUT2D eigenvalue weighted by Gasteiger charge is -2.37. The highest BCUT2D eigenvalue weighted by molar-refractivity contribution is 6.03. The number of allylic oxidation sites excluding steroid dienone is 3. The minimum absolute atomic E-state index is 0.454. The van der Waals surface area contributed by atoms with Crippen molar-refractivity contribution < 1.29 is 0 Å². The summed E-state index contributed by atoms with van der Waals surface area (Å²) in [5, 5.41) is 18.2. The Morgan fingerprint density at radius 3 is 3.09 bits per heavy atom. The molecule has 0 spiro atoms. The van der Waals surface area contributed by atoms with Crippen molar-refractivity contribution >= 4 is 5.71 Å². The first-order valence-corrected chi connectivity index (χ1v) is 9.37. The van der Waals surface area contributed by atoms with Gasteiger partial charge >= 0.3 is 0 Å². The predicted molar refractivity (Wildman–Crippen MR) is 91.6 cm³/mol. The molecule has 5 aliphatic heterocycles. The summed E-state index contributed by atoms with van der Waals surface area (Å²) in [5.41, 5.74) is 2.67. The van der Waals surface area contributed by atoms with Crippen LogP contribution >= 0.6 is 0 Å². The molecule has 5 unspecified atom stereocenters. The highest BCUT2D eigenvalue weighted by atomic mass is 15.5. The number of hydrogen-bond acceptors (Lipinski definition) is 5. The number of hydrogen-bond donors (Lipinski definition) is 3. The van der Waals surface area contributed by atoms with Crippen LogP contribution in [0.3, 0.4) is 0 Å². The maximum atomic E-state index is 5.09. The Balaban J connectivity index is 1.50. The van der Waals surface area contributed by atoms with Crippen LogP contribution in [0.5, 0.6) is 0 Å². The Labute approximate surface area is 138 Å². The molecule has 5 rings (SSSR count). The fraction of sp³-hybridized carbons (Fsp3) is 0.722. The molecule has 2 fully saturated rings. The van der Waals surface area contributed by atoms with Crippen LogP contribution < -0.4 is 16.0 Å². The van der Waals surface area contributed by atoms with Gasteiger partial charge in [0.05, 0.1) is 23.6 Å². The molecule has 5 heterocycles. The zero-order chi connectivity index (χ0) is 15.2. The Morgan fingerprint density at radius 1 is 1.17 bits per heavy atom. The molecule has 2 saturated heterocycles. The Morgan fingerprint density at radius 2 is 2.17 bits per heavy atom. The van der Waals surface area contributed by atoms with Gasteiger partial charge in [-0.05, 0) is 50.8 Å². The molecule has 5 aliphatic rings. The van der Waals surface area contributed by atoms with Crippen molar-refractivity contribution in [3.05, 3.63) is 24.0 Å². The fourth-order valence-electron chi connectivity index (χ4n) is 5.28. The standard InChI is InChI=1S/C18H27N5/c1-2-8-19-14(4-1)17-16(15-5-3-11-23(15)22-17)12-6-9-20-18-13(12)7-10-21-18/h4,6,9,12-13,15-16,18-21H,1-3,5,7-8,10-11H2. The highest BCUT2D eigenvalue weighted by Gasteiger charge is 2.49. The molecule has 0 aromatic carbocycles. The van der Waals surface area contributed by atoms with Crippen molar-refractivity contribution in [2.75, 3.05) is 19.6 Å². The van der Waals surface area contributed by atoms with Gasteiger partial charge in [-0.3, -0.25) is 10.3 Å². The highest BCUT2D eigenvalue weighted by Crippen LogP contribution is 2.43. The molecule has 0 radical (unpaired) electrons. The Bertz CT molecular complexity index is 566. The quantitative estimate of drug-likeness (QED) is 0.721. The third kappa shape index (κ3) is 2.20. The SMILES string of the molecule is C1=CC(C2C(C3=CCCCN3)=NN3CCCC23)C2CCNC2N1. The van der Waals surface area contributed by atoms with Crippen LogP contribution in [-0.2, 0) is 0 Å². The largest absolute Gasteiger partial charge is 0.384 e. The van der Waals surface area contributed by atoms with E-state index in [1.807, 2.05) is 0 Å². The second-order valence-electron chi connectivity index (χ2n) is 7.56. The summed E-state index contributed by atoms with van der Waals surface area (Å²) in [4.78, 5) is 0. The van der Waals surface area contributed by atoms with E-state index in [4.69, 9.17) is 5.10 Å². The minimum Gasteiger partial charge on any atom is -0.384 e. The topological polar surface area (TPSA) is 51.7 Å². The molecule has 0 amide bonds. The van der Waals surface area contributed by atoms with Crippen LogP contribution in [-0.4, -0.2) is 42.6 Å². The minimum atomic E-state index is 0.454. The molecule has 124 valence electrons. The number of nitrogens with one attached hydrogen (secondary N) is 3.